The molecule has 0 spiro atoms. The van der Waals surface area contributed by atoms with Gasteiger partial charge in [0.25, 0.3) is 0 Å². The van der Waals surface area contributed by atoms with Crippen LogP contribution < -0.4 is 0 Å². The topological polar surface area (TPSA) is 114 Å². The second-order valence-electron chi connectivity index (χ2n) is 6.35. The molecule has 0 aliphatic carbocycles. The normalized spacial score (nSPS) is 25.5. The van der Waals surface area contributed by atoms with Crippen molar-refractivity contribution in [1.29, 1.82) is 0 Å². The fraction of sp³-hybridized carbons (Fsp3) is 0.353. The number of ether oxygens (including phenoxy) is 1. The number of aromatic nitrogens is 4. The van der Waals surface area contributed by atoms with Gasteiger partial charge in [0.1, 0.15) is 35.8 Å². The SMILES string of the molecule is OC[C@H]1OC(n2cnc3c(-c4cccc(C(F)(F)F)c4)ncnc32)[C@H](O)[C@@H]1O. The van der Waals surface area contributed by atoms with Crippen LogP contribution in [0.25, 0.3) is 22.4 Å². The third-order valence-corrected chi connectivity index (χ3v) is 4.61. The molecule has 148 valence electrons. The minimum atomic E-state index is -4.50. The predicted molar refractivity (Wildman–Crippen MR) is 88.8 cm³/mol. The molecule has 0 amide bonds. The first-order valence-corrected chi connectivity index (χ1v) is 8.29. The molecule has 28 heavy (non-hydrogen) atoms. The molecular formula is C17H15F3N4O4. The summed E-state index contributed by atoms with van der Waals surface area (Å²) in [5.41, 5.74) is -0.0216. The van der Waals surface area contributed by atoms with Crippen LogP contribution in [0.2, 0.25) is 0 Å². The van der Waals surface area contributed by atoms with Crippen LogP contribution in [0.3, 0.4) is 0 Å². The maximum absolute atomic E-state index is 13.0. The summed E-state index contributed by atoms with van der Waals surface area (Å²) in [5, 5.41) is 29.4. The van der Waals surface area contributed by atoms with E-state index in [-0.39, 0.29) is 22.4 Å². The molecule has 0 bridgehead atoms. The van der Waals surface area contributed by atoms with E-state index >= 15 is 0 Å². The zero-order valence-electron chi connectivity index (χ0n) is 14.2. The summed E-state index contributed by atoms with van der Waals surface area (Å²) in [7, 11) is 0. The fourth-order valence-electron chi connectivity index (χ4n) is 3.20. The van der Waals surface area contributed by atoms with Crippen LogP contribution in [0, 0.1) is 0 Å². The monoisotopic (exact) mass is 396 g/mol. The second kappa shape index (κ2) is 6.78. The van der Waals surface area contributed by atoms with Crippen molar-refractivity contribution in [2.75, 3.05) is 6.61 Å². The number of halogens is 3. The first-order chi connectivity index (χ1) is 13.3. The van der Waals surface area contributed by atoms with E-state index in [1.807, 2.05) is 0 Å². The van der Waals surface area contributed by atoms with E-state index in [2.05, 4.69) is 15.0 Å². The highest BCUT2D eigenvalue weighted by atomic mass is 19.4. The molecule has 4 atom stereocenters. The van der Waals surface area contributed by atoms with Gasteiger partial charge >= 0.3 is 6.18 Å². The molecule has 2 aromatic heterocycles. The van der Waals surface area contributed by atoms with Gasteiger partial charge in [-0.15, -0.1) is 0 Å². The van der Waals surface area contributed by atoms with Crippen LogP contribution in [0.15, 0.2) is 36.9 Å². The molecule has 1 aromatic carbocycles. The number of alkyl halides is 3. The van der Waals surface area contributed by atoms with E-state index in [0.717, 1.165) is 18.5 Å². The van der Waals surface area contributed by atoms with Crippen molar-refractivity contribution in [1.82, 2.24) is 19.5 Å². The summed E-state index contributed by atoms with van der Waals surface area (Å²) in [4.78, 5) is 12.3. The van der Waals surface area contributed by atoms with Crippen molar-refractivity contribution < 1.29 is 33.2 Å². The van der Waals surface area contributed by atoms with Gasteiger partial charge in [-0.3, -0.25) is 4.57 Å². The van der Waals surface area contributed by atoms with E-state index in [1.54, 1.807) is 0 Å². The molecule has 1 aliphatic rings. The Bertz CT molecular complexity index is 1010. The number of rotatable bonds is 3. The van der Waals surface area contributed by atoms with Crippen molar-refractivity contribution in [3.05, 3.63) is 42.5 Å². The summed E-state index contributed by atoms with van der Waals surface area (Å²) in [6, 6.07) is 4.67. The van der Waals surface area contributed by atoms with Crippen LogP contribution in [0.5, 0.6) is 0 Å². The molecule has 3 N–H and O–H groups in total. The van der Waals surface area contributed by atoms with Gasteiger partial charge in [0.15, 0.2) is 11.9 Å². The molecular weight excluding hydrogens is 381 g/mol. The van der Waals surface area contributed by atoms with Gasteiger partial charge in [-0.25, -0.2) is 15.0 Å². The minimum absolute atomic E-state index is 0.182. The van der Waals surface area contributed by atoms with Gasteiger partial charge in [0.05, 0.1) is 18.5 Å². The highest BCUT2D eigenvalue weighted by Gasteiger charge is 2.44. The van der Waals surface area contributed by atoms with Crippen LogP contribution in [0.4, 0.5) is 13.2 Å². The van der Waals surface area contributed by atoms with Crippen LogP contribution in [-0.4, -0.2) is 59.8 Å². The quantitative estimate of drug-likeness (QED) is 0.608. The third-order valence-electron chi connectivity index (χ3n) is 4.61. The fourth-order valence-corrected chi connectivity index (χ4v) is 3.20. The van der Waals surface area contributed by atoms with Gasteiger partial charge < -0.3 is 20.1 Å². The summed E-state index contributed by atoms with van der Waals surface area (Å²) >= 11 is 0. The van der Waals surface area contributed by atoms with Gasteiger partial charge in [-0.1, -0.05) is 12.1 Å². The second-order valence-corrected chi connectivity index (χ2v) is 6.35. The minimum Gasteiger partial charge on any atom is -0.394 e. The Labute approximate surface area is 155 Å². The van der Waals surface area contributed by atoms with Crippen LogP contribution >= 0.6 is 0 Å². The zero-order chi connectivity index (χ0) is 20.1. The van der Waals surface area contributed by atoms with E-state index in [0.29, 0.717) is 0 Å². The lowest BCUT2D eigenvalue weighted by Crippen LogP contribution is -2.33. The number of hydrogen-bond acceptors (Lipinski definition) is 7. The maximum atomic E-state index is 13.0. The van der Waals surface area contributed by atoms with E-state index < -0.39 is 42.9 Å². The number of hydrogen-bond donors (Lipinski definition) is 3. The number of nitrogens with zero attached hydrogens (tertiary/aromatic N) is 4. The Kier molecular flexibility index (Phi) is 4.54. The average molecular weight is 396 g/mol. The molecule has 1 saturated heterocycles. The molecule has 3 aromatic rings. The molecule has 3 heterocycles. The van der Waals surface area contributed by atoms with Crippen molar-refractivity contribution in [2.45, 2.75) is 30.7 Å². The molecule has 1 fully saturated rings. The number of aliphatic hydroxyl groups excluding tert-OH is 3. The molecule has 11 heteroatoms. The first-order valence-electron chi connectivity index (χ1n) is 8.29. The first kappa shape index (κ1) is 18.7. The summed E-state index contributed by atoms with van der Waals surface area (Å²) in [6.07, 6.45) is -6.75. The van der Waals surface area contributed by atoms with Gasteiger partial charge in [-0.05, 0) is 12.1 Å². The van der Waals surface area contributed by atoms with Crippen molar-refractivity contribution in [3.8, 4) is 11.3 Å². The number of benzene rings is 1. The van der Waals surface area contributed by atoms with Gasteiger partial charge in [-0.2, -0.15) is 13.2 Å². The maximum Gasteiger partial charge on any atom is 0.416 e. The Hall–Kier alpha value is -2.60. The smallest absolute Gasteiger partial charge is 0.394 e. The largest absolute Gasteiger partial charge is 0.416 e. The number of aliphatic hydroxyl groups is 3. The Morgan fingerprint density at radius 3 is 2.57 bits per heavy atom. The van der Waals surface area contributed by atoms with Crippen molar-refractivity contribution in [3.63, 3.8) is 0 Å². The number of fused-ring (bicyclic) bond motifs is 1. The van der Waals surface area contributed by atoms with E-state index in [4.69, 9.17) is 4.74 Å². The van der Waals surface area contributed by atoms with Crippen molar-refractivity contribution in [2.24, 2.45) is 0 Å². The lowest BCUT2D eigenvalue weighted by Gasteiger charge is -2.16. The zero-order valence-corrected chi connectivity index (χ0v) is 14.2. The highest BCUT2D eigenvalue weighted by Crippen LogP contribution is 2.35. The van der Waals surface area contributed by atoms with Gasteiger partial charge in [0.2, 0.25) is 0 Å². The van der Waals surface area contributed by atoms with Gasteiger partial charge in [0, 0.05) is 5.56 Å². The lowest BCUT2D eigenvalue weighted by atomic mass is 10.1. The summed E-state index contributed by atoms with van der Waals surface area (Å²) in [6.45, 7) is -0.494. The Morgan fingerprint density at radius 1 is 1.11 bits per heavy atom. The molecule has 0 radical (unpaired) electrons. The lowest BCUT2D eigenvalue weighted by molar-refractivity contribution is -0.137. The average Bonchev–Trinajstić information content (AvgIpc) is 3.22. The van der Waals surface area contributed by atoms with E-state index in [9.17, 15) is 28.5 Å². The van der Waals surface area contributed by atoms with Crippen molar-refractivity contribution >= 4 is 11.2 Å². The standard InChI is InChI=1S/C17H15F3N4O4/c18-17(19,20)9-3-1-2-8(4-9)11-12-15(22-6-21-11)24(7-23-12)16-14(27)13(26)10(5-25)28-16/h1-4,6-7,10,13-14,16,25-27H,5H2/t10-,13-,14-,16?/m1/s1. The predicted octanol–water partition coefficient (Wildman–Crippen LogP) is 1.12. The van der Waals surface area contributed by atoms with E-state index in [1.165, 1.54) is 23.0 Å². The molecule has 1 unspecified atom stereocenters. The van der Waals surface area contributed by atoms with Crippen LogP contribution in [-0.2, 0) is 10.9 Å². The highest BCUT2D eigenvalue weighted by molar-refractivity contribution is 5.87. The molecule has 1 aliphatic heterocycles. The molecule has 4 rings (SSSR count). The molecule has 0 saturated carbocycles. The van der Waals surface area contributed by atoms with Crippen LogP contribution in [0.1, 0.15) is 11.8 Å². The number of imidazole rings is 1. The Morgan fingerprint density at radius 2 is 1.89 bits per heavy atom. The molecule has 8 nitrogen and oxygen atoms in total. The summed E-state index contributed by atoms with van der Waals surface area (Å²) < 4.78 is 45.9. The summed E-state index contributed by atoms with van der Waals surface area (Å²) in [5.74, 6) is 0. The Balaban J connectivity index is 1.78. The third kappa shape index (κ3) is 3.02.